The van der Waals surface area contributed by atoms with E-state index in [1.807, 2.05) is 0 Å². The summed E-state index contributed by atoms with van der Waals surface area (Å²) < 4.78 is 11.1. The van der Waals surface area contributed by atoms with Gasteiger partial charge in [0.2, 0.25) is 11.8 Å². The standard InChI is InChI=1S/C11H16BrN3O2/c1-16-6-5-15(8-3-4-8)11-13-7-9(12)10(14-11)17-2/h7-8H,3-6H2,1-2H3. The molecule has 1 fully saturated rings. The summed E-state index contributed by atoms with van der Waals surface area (Å²) in [7, 11) is 3.31. The van der Waals surface area contributed by atoms with Gasteiger partial charge in [0.05, 0.1) is 24.4 Å². The molecular formula is C11H16BrN3O2. The fourth-order valence-electron chi connectivity index (χ4n) is 1.65. The van der Waals surface area contributed by atoms with Crippen LogP contribution in [0.5, 0.6) is 5.88 Å². The number of halogens is 1. The lowest BCUT2D eigenvalue weighted by molar-refractivity contribution is 0.204. The zero-order valence-electron chi connectivity index (χ0n) is 10.0. The van der Waals surface area contributed by atoms with Crippen molar-refractivity contribution in [3.63, 3.8) is 0 Å². The van der Waals surface area contributed by atoms with Crippen molar-refractivity contribution >= 4 is 21.9 Å². The Hall–Kier alpha value is -0.880. The van der Waals surface area contributed by atoms with Crippen molar-refractivity contribution in [1.82, 2.24) is 9.97 Å². The minimum atomic E-state index is 0.552. The van der Waals surface area contributed by atoms with Gasteiger partial charge in [0.1, 0.15) is 0 Å². The van der Waals surface area contributed by atoms with Gasteiger partial charge in [-0.3, -0.25) is 0 Å². The van der Waals surface area contributed by atoms with Crippen LogP contribution in [0.1, 0.15) is 12.8 Å². The average molecular weight is 302 g/mol. The van der Waals surface area contributed by atoms with E-state index in [1.54, 1.807) is 20.4 Å². The number of ether oxygens (including phenoxy) is 2. The van der Waals surface area contributed by atoms with E-state index in [-0.39, 0.29) is 0 Å². The molecule has 5 nitrogen and oxygen atoms in total. The second-order valence-corrected chi connectivity index (χ2v) is 4.80. The van der Waals surface area contributed by atoms with Crippen molar-refractivity contribution in [2.45, 2.75) is 18.9 Å². The molecule has 1 aromatic heterocycles. The summed E-state index contributed by atoms with van der Waals surface area (Å²) in [5, 5.41) is 0. The third-order valence-corrected chi connectivity index (χ3v) is 3.22. The van der Waals surface area contributed by atoms with E-state index < -0.39 is 0 Å². The van der Waals surface area contributed by atoms with Crippen LogP contribution in [0, 0.1) is 0 Å². The molecule has 0 N–H and O–H groups in total. The molecule has 0 bridgehead atoms. The Morgan fingerprint density at radius 3 is 2.82 bits per heavy atom. The van der Waals surface area contributed by atoms with Gasteiger partial charge in [-0.05, 0) is 28.8 Å². The van der Waals surface area contributed by atoms with Crippen molar-refractivity contribution in [3.05, 3.63) is 10.7 Å². The van der Waals surface area contributed by atoms with Crippen molar-refractivity contribution in [2.24, 2.45) is 0 Å². The number of hydrogen-bond acceptors (Lipinski definition) is 5. The van der Waals surface area contributed by atoms with E-state index >= 15 is 0 Å². The molecule has 1 saturated carbocycles. The first-order valence-electron chi connectivity index (χ1n) is 5.58. The third kappa shape index (κ3) is 3.07. The minimum absolute atomic E-state index is 0.552. The van der Waals surface area contributed by atoms with Gasteiger partial charge >= 0.3 is 0 Å². The number of methoxy groups -OCH3 is 2. The number of rotatable bonds is 6. The monoisotopic (exact) mass is 301 g/mol. The molecule has 0 atom stereocenters. The Labute approximate surface area is 109 Å². The number of anilines is 1. The van der Waals surface area contributed by atoms with Crippen LogP contribution in [0.2, 0.25) is 0 Å². The highest BCUT2D eigenvalue weighted by Crippen LogP contribution is 2.31. The molecule has 17 heavy (non-hydrogen) atoms. The summed E-state index contributed by atoms with van der Waals surface area (Å²) in [4.78, 5) is 10.9. The van der Waals surface area contributed by atoms with Crippen LogP contribution >= 0.6 is 15.9 Å². The van der Waals surface area contributed by atoms with Crippen molar-refractivity contribution < 1.29 is 9.47 Å². The molecule has 1 heterocycles. The van der Waals surface area contributed by atoms with E-state index in [4.69, 9.17) is 9.47 Å². The Morgan fingerprint density at radius 2 is 2.24 bits per heavy atom. The smallest absolute Gasteiger partial charge is 0.232 e. The lowest BCUT2D eigenvalue weighted by atomic mass is 10.5. The first-order valence-corrected chi connectivity index (χ1v) is 6.37. The van der Waals surface area contributed by atoms with Crippen LogP contribution in [0.25, 0.3) is 0 Å². The van der Waals surface area contributed by atoms with Crippen LogP contribution in [0.15, 0.2) is 10.7 Å². The number of hydrogen-bond donors (Lipinski definition) is 0. The predicted molar refractivity (Wildman–Crippen MR) is 68.5 cm³/mol. The Morgan fingerprint density at radius 1 is 1.47 bits per heavy atom. The molecule has 0 radical (unpaired) electrons. The fourth-order valence-corrected chi connectivity index (χ4v) is 2.00. The minimum Gasteiger partial charge on any atom is -0.480 e. The largest absolute Gasteiger partial charge is 0.480 e. The van der Waals surface area contributed by atoms with Gasteiger partial charge in [-0.2, -0.15) is 4.98 Å². The molecule has 0 spiro atoms. The van der Waals surface area contributed by atoms with Crippen LogP contribution in [-0.4, -0.2) is 43.4 Å². The predicted octanol–water partition coefficient (Wildman–Crippen LogP) is 1.86. The van der Waals surface area contributed by atoms with E-state index in [0.29, 0.717) is 24.5 Å². The van der Waals surface area contributed by atoms with Gasteiger partial charge in [0, 0.05) is 19.7 Å². The quantitative estimate of drug-likeness (QED) is 0.803. The van der Waals surface area contributed by atoms with Crippen molar-refractivity contribution in [1.29, 1.82) is 0 Å². The highest BCUT2D eigenvalue weighted by Gasteiger charge is 2.30. The molecule has 1 aliphatic rings. The first kappa shape index (κ1) is 12.6. The highest BCUT2D eigenvalue weighted by atomic mass is 79.9. The van der Waals surface area contributed by atoms with Crippen molar-refractivity contribution in [3.8, 4) is 5.88 Å². The van der Waals surface area contributed by atoms with Crippen LogP contribution in [0.3, 0.4) is 0 Å². The second kappa shape index (κ2) is 5.64. The molecule has 1 aliphatic carbocycles. The maximum Gasteiger partial charge on any atom is 0.232 e. The maximum absolute atomic E-state index is 5.18. The molecule has 0 unspecified atom stereocenters. The third-order valence-electron chi connectivity index (χ3n) is 2.67. The summed E-state index contributed by atoms with van der Waals surface area (Å²) in [5.74, 6) is 1.28. The lowest BCUT2D eigenvalue weighted by Crippen LogP contribution is -2.31. The average Bonchev–Trinajstić information content (AvgIpc) is 3.16. The zero-order chi connectivity index (χ0) is 12.3. The van der Waals surface area contributed by atoms with Gasteiger partial charge < -0.3 is 14.4 Å². The van der Waals surface area contributed by atoms with Gasteiger partial charge in [-0.15, -0.1) is 0 Å². The normalized spacial score (nSPS) is 14.8. The van der Waals surface area contributed by atoms with Crippen molar-refractivity contribution in [2.75, 3.05) is 32.3 Å². The van der Waals surface area contributed by atoms with Gasteiger partial charge in [0.15, 0.2) is 0 Å². The Balaban J connectivity index is 2.16. The van der Waals surface area contributed by atoms with E-state index in [0.717, 1.165) is 11.0 Å². The van der Waals surface area contributed by atoms with Crippen LogP contribution < -0.4 is 9.64 Å². The first-order chi connectivity index (χ1) is 8.26. The van der Waals surface area contributed by atoms with Gasteiger partial charge in [0.25, 0.3) is 0 Å². The molecule has 0 aliphatic heterocycles. The Kier molecular flexibility index (Phi) is 4.17. The van der Waals surface area contributed by atoms with Crippen LogP contribution in [0.4, 0.5) is 5.95 Å². The van der Waals surface area contributed by atoms with E-state index in [1.165, 1.54) is 12.8 Å². The maximum atomic E-state index is 5.18. The summed E-state index contributed by atoms with van der Waals surface area (Å²) >= 11 is 3.35. The zero-order valence-corrected chi connectivity index (χ0v) is 11.6. The number of nitrogens with zero attached hydrogens (tertiary/aromatic N) is 3. The summed E-state index contributed by atoms with van der Waals surface area (Å²) in [5.41, 5.74) is 0. The van der Waals surface area contributed by atoms with E-state index in [9.17, 15) is 0 Å². The Bertz CT molecular complexity index is 385. The molecule has 94 valence electrons. The summed E-state index contributed by atoms with van der Waals surface area (Å²) in [6, 6.07) is 0.552. The summed E-state index contributed by atoms with van der Waals surface area (Å²) in [6.07, 6.45) is 4.13. The molecule has 6 heteroatoms. The molecule has 2 rings (SSSR count). The fraction of sp³-hybridized carbons (Fsp3) is 0.636. The topological polar surface area (TPSA) is 47.5 Å². The lowest BCUT2D eigenvalue weighted by Gasteiger charge is -2.22. The molecule has 0 amide bonds. The second-order valence-electron chi connectivity index (χ2n) is 3.94. The molecule has 0 saturated heterocycles. The molecule has 1 aromatic rings. The van der Waals surface area contributed by atoms with Gasteiger partial charge in [-0.25, -0.2) is 4.98 Å². The van der Waals surface area contributed by atoms with Crippen LogP contribution in [-0.2, 0) is 4.74 Å². The number of aromatic nitrogens is 2. The highest BCUT2D eigenvalue weighted by molar-refractivity contribution is 9.10. The SMILES string of the molecule is COCCN(c1ncc(Br)c(OC)n1)C1CC1. The summed E-state index contributed by atoms with van der Waals surface area (Å²) in [6.45, 7) is 1.49. The molecular weight excluding hydrogens is 286 g/mol. The van der Waals surface area contributed by atoms with Gasteiger partial charge in [-0.1, -0.05) is 0 Å². The van der Waals surface area contributed by atoms with E-state index in [2.05, 4.69) is 30.8 Å². The molecule has 0 aromatic carbocycles.